The summed E-state index contributed by atoms with van der Waals surface area (Å²) in [5.74, 6) is -1.58. The van der Waals surface area contributed by atoms with E-state index in [0.29, 0.717) is 6.54 Å². The van der Waals surface area contributed by atoms with Gasteiger partial charge in [0.1, 0.15) is 0 Å². The summed E-state index contributed by atoms with van der Waals surface area (Å²) in [5, 5.41) is 3.08. The summed E-state index contributed by atoms with van der Waals surface area (Å²) in [6.45, 7) is 0.337. The molecule has 158 valence electrons. The van der Waals surface area contributed by atoms with E-state index in [9.17, 15) is 14.0 Å². The molecule has 1 saturated carbocycles. The molecular weight excluding hydrogens is 385 g/mol. The third-order valence-electron chi connectivity index (χ3n) is 6.64. The molecule has 0 unspecified atom stereocenters. The van der Waals surface area contributed by atoms with E-state index >= 15 is 0 Å². The summed E-state index contributed by atoms with van der Waals surface area (Å²) in [6, 6.07) is 11.1. The highest BCUT2D eigenvalue weighted by Crippen LogP contribution is 2.46. The van der Waals surface area contributed by atoms with Crippen molar-refractivity contribution < 1.29 is 14.0 Å². The monoisotopic (exact) mass is 411 g/mol. The van der Waals surface area contributed by atoms with Crippen molar-refractivity contribution in [3.8, 4) is 0 Å². The summed E-state index contributed by atoms with van der Waals surface area (Å²) in [5.41, 5.74) is 5.89. The molecule has 8 heteroatoms. The van der Waals surface area contributed by atoms with Crippen LogP contribution >= 0.6 is 0 Å². The molecule has 2 heterocycles. The van der Waals surface area contributed by atoms with Gasteiger partial charge in [-0.2, -0.15) is 0 Å². The third kappa shape index (κ3) is 3.31. The lowest BCUT2D eigenvalue weighted by Gasteiger charge is -2.48. The normalized spacial score (nSPS) is 26.3. The maximum absolute atomic E-state index is 14.5. The average Bonchev–Trinajstić information content (AvgIpc) is 3.04. The quantitative estimate of drug-likeness (QED) is 0.809. The first-order valence-corrected chi connectivity index (χ1v) is 10.0. The number of nitrogens with one attached hydrogen (secondary N) is 1. The third-order valence-corrected chi connectivity index (χ3v) is 6.64. The van der Waals surface area contributed by atoms with Crippen LogP contribution in [0.15, 0.2) is 42.6 Å². The molecule has 1 aliphatic heterocycles. The maximum Gasteiger partial charge on any atom is 0.323 e. The topological polar surface area (TPSA) is 91.6 Å². The number of nitrogens with two attached hydrogens (primary N) is 1. The van der Waals surface area contributed by atoms with Crippen molar-refractivity contribution in [2.24, 2.45) is 5.73 Å². The first kappa shape index (κ1) is 20.3. The van der Waals surface area contributed by atoms with E-state index in [1.165, 1.54) is 16.7 Å². The Morgan fingerprint density at radius 2 is 1.87 bits per heavy atom. The van der Waals surface area contributed by atoms with Crippen LogP contribution in [0, 0.1) is 5.82 Å². The molecule has 1 saturated heterocycles. The highest BCUT2D eigenvalue weighted by molar-refractivity contribution is 5.96. The van der Waals surface area contributed by atoms with Gasteiger partial charge in [-0.25, -0.2) is 14.2 Å². The number of halogens is 1. The predicted octanol–water partition coefficient (Wildman–Crippen LogP) is 2.62. The Hall–Kier alpha value is -3.00. The number of carbonyl (C=O) groups is 2. The minimum atomic E-state index is -0.761. The molecule has 0 radical (unpaired) electrons. The van der Waals surface area contributed by atoms with Crippen LogP contribution in [0.25, 0.3) is 0 Å². The number of rotatable bonds is 4. The van der Waals surface area contributed by atoms with Crippen LogP contribution in [0.3, 0.4) is 0 Å². The van der Waals surface area contributed by atoms with Crippen LogP contribution < -0.4 is 16.0 Å². The van der Waals surface area contributed by atoms with Gasteiger partial charge < -0.3 is 11.1 Å². The molecule has 0 bridgehead atoms. The molecule has 1 aromatic heterocycles. The SMILES string of the molecule is CN(C)[C@]1(c2ccccc2)CC[C@@]2(CC1)CN(c1ncc(C(N)=O)cc1F)C(=O)N2. The highest BCUT2D eigenvalue weighted by Gasteiger charge is 2.50. The van der Waals surface area contributed by atoms with Crippen LogP contribution in [-0.4, -0.2) is 48.0 Å². The zero-order valence-electron chi connectivity index (χ0n) is 17.2. The van der Waals surface area contributed by atoms with Gasteiger partial charge in [0.25, 0.3) is 0 Å². The Kier molecular flexibility index (Phi) is 4.97. The Morgan fingerprint density at radius 3 is 2.43 bits per heavy atom. The number of urea groups is 1. The summed E-state index contributed by atoms with van der Waals surface area (Å²) >= 11 is 0. The molecular formula is C22H26FN5O2. The summed E-state index contributed by atoms with van der Waals surface area (Å²) < 4.78 is 14.5. The van der Waals surface area contributed by atoms with Crippen LogP contribution in [-0.2, 0) is 5.54 Å². The van der Waals surface area contributed by atoms with Gasteiger partial charge in [0.2, 0.25) is 5.91 Å². The second-order valence-electron chi connectivity index (χ2n) is 8.48. The van der Waals surface area contributed by atoms with Crippen molar-refractivity contribution in [3.05, 3.63) is 59.5 Å². The molecule has 1 aliphatic carbocycles. The van der Waals surface area contributed by atoms with Crippen LogP contribution in [0.1, 0.15) is 41.6 Å². The molecule has 2 fully saturated rings. The molecule has 7 nitrogen and oxygen atoms in total. The number of carbonyl (C=O) groups excluding carboxylic acids is 2. The van der Waals surface area contributed by atoms with Crippen LogP contribution in [0.5, 0.6) is 0 Å². The number of hydrogen-bond donors (Lipinski definition) is 2. The van der Waals surface area contributed by atoms with Gasteiger partial charge >= 0.3 is 6.03 Å². The molecule has 1 aromatic carbocycles. The molecule has 3 N–H and O–H groups in total. The number of aromatic nitrogens is 1. The molecule has 2 aliphatic rings. The van der Waals surface area contributed by atoms with Gasteiger partial charge in [-0.1, -0.05) is 30.3 Å². The number of benzene rings is 1. The second-order valence-corrected chi connectivity index (χ2v) is 8.48. The maximum atomic E-state index is 14.5. The number of hydrogen-bond acceptors (Lipinski definition) is 4. The average molecular weight is 411 g/mol. The molecule has 30 heavy (non-hydrogen) atoms. The second kappa shape index (κ2) is 7.36. The number of anilines is 1. The zero-order valence-corrected chi connectivity index (χ0v) is 17.2. The standard InChI is InChI=1S/C22H26FN5O2/c1-27(2)22(16-6-4-3-5-7-16)10-8-21(9-11-22)14-28(20(30)26-21)19-17(23)12-15(13-25-19)18(24)29/h3-7,12-13H,8-11,14H2,1-2H3,(H2,24,29)(H,26,30)/t21-,22-. The van der Waals surface area contributed by atoms with Crippen molar-refractivity contribution in [1.29, 1.82) is 0 Å². The van der Waals surface area contributed by atoms with E-state index in [0.717, 1.165) is 31.7 Å². The Balaban J connectivity index is 1.56. The van der Waals surface area contributed by atoms with Crippen molar-refractivity contribution in [1.82, 2.24) is 15.2 Å². The van der Waals surface area contributed by atoms with Crippen LogP contribution in [0.4, 0.5) is 15.0 Å². The van der Waals surface area contributed by atoms with Gasteiger partial charge in [-0.15, -0.1) is 0 Å². The zero-order chi connectivity index (χ0) is 21.5. The van der Waals surface area contributed by atoms with E-state index in [4.69, 9.17) is 5.73 Å². The largest absolute Gasteiger partial charge is 0.366 e. The lowest BCUT2D eigenvalue weighted by atomic mass is 9.69. The van der Waals surface area contributed by atoms with E-state index in [1.807, 2.05) is 18.2 Å². The Bertz CT molecular complexity index is 971. The van der Waals surface area contributed by atoms with Crippen molar-refractivity contribution in [2.45, 2.75) is 36.8 Å². The first-order valence-electron chi connectivity index (χ1n) is 10.0. The number of primary amides is 1. The fourth-order valence-electron chi connectivity index (χ4n) is 4.81. The van der Waals surface area contributed by atoms with Gasteiger partial charge in [0.15, 0.2) is 11.6 Å². The Morgan fingerprint density at radius 1 is 1.20 bits per heavy atom. The van der Waals surface area contributed by atoms with E-state index < -0.39 is 17.3 Å². The minimum absolute atomic E-state index is 0.0261. The van der Waals surface area contributed by atoms with Crippen molar-refractivity contribution >= 4 is 17.8 Å². The summed E-state index contributed by atoms with van der Waals surface area (Å²) in [6.07, 6.45) is 4.47. The van der Waals surface area contributed by atoms with Crippen LogP contribution in [0.2, 0.25) is 0 Å². The minimum Gasteiger partial charge on any atom is -0.366 e. The molecule has 3 amide bonds. The van der Waals surface area contributed by atoms with E-state index in [-0.39, 0.29) is 23.0 Å². The fourth-order valence-corrected chi connectivity index (χ4v) is 4.81. The lowest BCUT2D eigenvalue weighted by Crippen LogP contribution is -2.54. The van der Waals surface area contributed by atoms with Crippen molar-refractivity contribution in [2.75, 3.05) is 25.5 Å². The summed E-state index contributed by atoms with van der Waals surface area (Å²) in [4.78, 5) is 31.5. The summed E-state index contributed by atoms with van der Waals surface area (Å²) in [7, 11) is 4.17. The Labute approximate surface area is 175 Å². The van der Waals surface area contributed by atoms with Gasteiger partial charge in [0, 0.05) is 11.7 Å². The molecule has 0 atom stereocenters. The predicted molar refractivity (Wildman–Crippen MR) is 112 cm³/mol. The number of amides is 3. The molecule has 4 rings (SSSR count). The number of nitrogens with zero attached hydrogens (tertiary/aromatic N) is 3. The molecule has 2 aromatic rings. The van der Waals surface area contributed by atoms with Gasteiger partial charge in [-0.3, -0.25) is 14.6 Å². The van der Waals surface area contributed by atoms with E-state index in [2.05, 4.69) is 41.4 Å². The fraction of sp³-hybridized carbons (Fsp3) is 0.409. The molecule has 1 spiro atoms. The smallest absolute Gasteiger partial charge is 0.323 e. The van der Waals surface area contributed by atoms with Gasteiger partial charge in [0.05, 0.1) is 17.6 Å². The van der Waals surface area contributed by atoms with Crippen molar-refractivity contribution in [3.63, 3.8) is 0 Å². The number of pyridine rings is 1. The first-order chi connectivity index (χ1) is 14.3. The highest BCUT2D eigenvalue weighted by atomic mass is 19.1. The van der Waals surface area contributed by atoms with Gasteiger partial charge in [-0.05, 0) is 51.4 Å². The lowest BCUT2D eigenvalue weighted by molar-refractivity contribution is 0.0657. The van der Waals surface area contributed by atoms with E-state index in [1.54, 1.807) is 0 Å².